The Morgan fingerprint density at radius 3 is 2.49 bits per heavy atom. The number of carbonyl (C=O) groups is 3. The fourth-order valence-corrected chi connectivity index (χ4v) is 5.51. The van der Waals surface area contributed by atoms with Gasteiger partial charge in [-0.15, -0.1) is 0 Å². The third-order valence-corrected chi connectivity index (χ3v) is 7.18. The summed E-state index contributed by atoms with van der Waals surface area (Å²) in [6.07, 6.45) is 0. The summed E-state index contributed by atoms with van der Waals surface area (Å²) in [5, 5.41) is 1.78. The molecular formula is C25H18BrCl2N3O4. The van der Waals surface area contributed by atoms with Crippen LogP contribution in [0.4, 0.5) is 5.69 Å². The summed E-state index contributed by atoms with van der Waals surface area (Å²) in [6.45, 7) is 0. The number of nitrogens with zero attached hydrogens (tertiary/aromatic N) is 2. The number of nitrogens with one attached hydrogen (secondary N) is 1. The summed E-state index contributed by atoms with van der Waals surface area (Å²) >= 11 is 15.8. The van der Waals surface area contributed by atoms with E-state index in [9.17, 15) is 14.4 Å². The molecular weight excluding hydrogens is 557 g/mol. The standard InChI is InChI=1S/C25H18BrCl2N3O4/c1-35-19-8-3-2-7-16(19)21-20-22(31(29-21)23(32)13-5-4-6-14(26)11-13)25(34)30(24(20)33)18-10-9-15(27)12-17(18)28/h2-12,20-22,29H,1H3/t20-,21+,22+/m1/s1. The monoisotopic (exact) mass is 573 g/mol. The van der Waals surface area contributed by atoms with Gasteiger partial charge in [0, 0.05) is 20.6 Å². The molecule has 0 spiro atoms. The number of fused-ring (bicyclic) bond motifs is 1. The first-order valence-corrected chi connectivity index (χ1v) is 12.2. The molecule has 0 aromatic heterocycles. The van der Waals surface area contributed by atoms with Gasteiger partial charge in [0.05, 0.1) is 29.8 Å². The van der Waals surface area contributed by atoms with Crippen LogP contribution in [0.2, 0.25) is 10.0 Å². The number of methoxy groups -OCH3 is 1. The predicted molar refractivity (Wildman–Crippen MR) is 135 cm³/mol. The Bertz CT molecular complexity index is 1370. The van der Waals surface area contributed by atoms with E-state index in [4.69, 9.17) is 27.9 Å². The van der Waals surface area contributed by atoms with Gasteiger partial charge in [-0.2, -0.15) is 0 Å². The highest BCUT2D eigenvalue weighted by atomic mass is 79.9. The number of para-hydroxylation sites is 1. The Kier molecular flexibility index (Phi) is 6.31. The molecule has 0 bridgehead atoms. The molecule has 1 N–H and O–H groups in total. The minimum Gasteiger partial charge on any atom is -0.496 e. The van der Waals surface area contributed by atoms with Crippen molar-refractivity contribution in [1.29, 1.82) is 0 Å². The smallest absolute Gasteiger partial charge is 0.268 e. The number of benzene rings is 3. The lowest BCUT2D eigenvalue weighted by atomic mass is 9.90. The molecule has 2 saturated heterocycles. The van der Waals surface area contributed by atoms with Crippen molar-refractivity contribution in [1.82, 2.24) is 10.4 Å². The molecule has 2 aliphatic rings. The Morgan fingerprint density at radius 2 is 1.77 bits per heavy atom. The van der Waals surface area contributed by atoms with Crippen LogP contribution < -0.4 is 15.1 Å². The highest BCUT2D eigenvalue weighted by Crippen LogP contribution is 2.45. The van der Waals surface area contributed by atoms with Crippen LogP contribution in [0.1, 0.15) is 22.0 Å². The molecule has 178 valence electrons. The van der Waals surface area contributed by atoms with Gasteiger partial charge in [-0.1, -0.05) is 63.4 Å². The predicted octanol–water partition coefficient (Wildman–Crippen LogP) is 5.02. The number of amides is 3. The first-order chi connectivity index (χ1) is 16.8. The van der Waals surface area contributed by atoms with Crippen LogP contribution in [0.15, 0.2) is 71.2 Å². The van der Waals surface area contributed by atoms with Crippen molar-refractivity contribution in [2.75, 3.05) is 12.0 Å². The van der Waals surface area contributed by atoms with Crippen LogP contribution in [0.3, 0.4) is 0 Å². The fraction of sp³-hybridized carbons (Fsp3) is 0.160. The topological polar surface area (TPSA) is 79.0 Å². The van der Waals surface area contributed by atoms with Gasteiger partial charge in [0.25, 0.3) is 11.8 Å². The van der Waals surface area contributed by atoms with Crippen LogP contribution >= 0.6 is 39.1 Å². The Labute approximate surface area is 219 Å². The van der Waals surface area contributed by atoms with Gasteiger partial charge in [0.15, 0.2) is 0 Å². The summed E-state index contributed by atoms with van der Waals surface area (Å²) in [7, 11) is 1.52. The van der Waals surface area contributed by atoms with Crippen LogP contribution in [-0.4, -0.2) is 35.9 Å². The van der Waals surface area contributed by atoms with Gasteiger partial charge in [0.1, 0.15) is 11.8 Å². The Morgan fingerprint density at radius 1 is 1.00 bits per heavy atom. The molecule has 5 rings (SSSR count). The molecule has 0 saturated carbocycles. The van der Waals surface area contributed by atoms with E-state index in [0.29, 0.717) is 26.4 Å². The molecule has 35 heavy (non-hydrogen) atoms. The van der Waals surface area contributed by atoms with Gasteiger partial charge in [0.2, 0.25) is 5.91 Å². The van der Waals surface area contributed by atoms with Crippen molar-refractivity contribution in [2.45, 2.75) is 12.1 Å². The van der Waals surface area contributed by atoms with Crippen molar-refractivity contribution in [3.63, 3.8) is 0 Å². The Hall–Kier alpha value is -2.91. The normalized spacial score (nSPS) is 21.4. The summed E-state index contributed by atoms with van der Waals surface area (Å²) in [4.78, 5) is 42.1. The molecule has 0 unspecified atom stereocenters. The van der Waals surface area contributed by atoms with Crippen molar-refractivity contribution in [2.24, 2.45) is 5.92 Å². The second kappa shape index (κ2) is 9.28. The van der Waals surface area contributed by atoms with Gasteiger partial charge < -0.3 is 4.74 Å². The lowest BCUT2D eigenvalue weighted by molar-refractivity contribution is -0.123. The van der Waals surface area contributed by atoms with Gasteiger partial charge in [-0.05, 0) is 42.5 Å². The van der Waals surface area contributed by atoms with Crippen molar-refractivity contribution >= 4 is 62.5 Å². The number of ether oxygens (including phenoxy) is 1. The first kappa shape index (κ1) is 23.8. The molecule has 3 atom stereocenters. The summed E-state index contributed by atoms with van der Waals surface area (Å²) < 4.78 is 6.22. The molecule has 2 heterocycles. The van der Waals surface area contributed by atoms with Crippen LogP contribution in [0, 0.1) is 5.92 Å². The SMILES string of the molecule is COc1ccccc1[C@@H]1NN(C(=O)c2cccc(Br)c2)[C@@H]2C(=O)N(c3ccc(Cl)cc3Cl)C(=O)[C@@H]21. The molecule has 3 amide bonds. The summed E-state index contributed by atoms with van der Waals surface area (Å²) in [5.41, 5.74) is 4.35. The maximum Gasteiger partial charge on any atom is 0.268 e. The van der Waals surface area contributed by atoms with E-state index in [1.54, 1.807) is 48.5 Å². The number of hydrogen-bond donors (Lipinski definition) is 1. The van der Waals surface area contributed by atoms with E-state index in [2.05, 4.69) is 21.4 Å². The third-order valence-electron chi connectivity index (χ3n) is 6.15. The molecule has 0 aliphatic carbocycles. The van der Waals surface area contributed by atoms with Crippen molar-refractivity contribution < 1.29 is 19.1 Å². The fourth-order valence-electron chi connectivity index (χ4n) is 4.62. The zero-order valence-corrected chi connectivity index (χ0v) is 21.3. The summed E-state index contributed by atoms with van der Waals surface area (Å²) in [5.74, 6) is -1.84. The number of hydrazine groups is 1. The maximum absolute atomic E-state index is 13.8. The molecule has 0 radical (unpaired) electrons. The first-order valence-electron chi connectivity index (χ1n) is 10.6. The van der Waals surface area contributed by atoms with E-state index >= 15 is 0 Å². The number of halogens is 3. The quantitative estimate of drug-likeness (QED) is 0.442. The van der Waals surface area contributed by atoms with E-state index in [0.717, 1.165) is 4.90 Å². The highest BCUT2D eigenvalue weighted by Gasteiger charge is 2.61. The van der Waals surface area contributed by atoms with Gasteiger partial charge in [-0.3, -0.25) is 19.4 Å². The lowest BCUT2D eigenvalue weighted by Crippen LogP contribution is -2.48. The number of carbonyl (C=O) groups excluding carboxylic acids is 3. The van der Waals surface area contributed by atoms with Gasteiger partial charge in [-0.25, -0.2) is 10.3 Å². The average Bonchev–Trinajstić information content (AvgIpc) is 3.35. The molecule has 7 nitrogen and oxygen atoms in total. The molecule has 3 aromatic rings. The highest BCUT2D eigenvalue weighted by molar-refractivity contribution is 9.10. The van der Waals surface area contributed by atoms with Crippen LogP contribution in [-0.2, 0) is 9.59 Å². The van der Waals surface area contributed by atoms with Crippen LogP contribution in [0.5, 0.6) is 5.75 Å². The average molecular weight is 575 g/mol. The number of imide groups is 1. The minimum atomic E-state index is -1.09. The van der Waals surface area contributed by atoms with E-state index in [-0.39, 0.29) is 10.7 Å². The van der Waals surface area contributed by atoms with E-state index in [1.165, 1.54) is 24.3 Å². The molecule has 3 aromatic carbocycles. The largest absolute Gasteiger partial charge is 0.496 e. The maximum atomic E-state index is 13.8. The number of anilines is 1. The van der Waals surface area contributed by atoms with Crippen molar-refractivity contribution in [3.8, 4) is 5.75 Å². The molecule has 10 heteroatoms. The third kappa shape index (κ3) is 4.00. The lowest BCUT2D eigenvalue weighted by Gasteiger charge is -2.26. The Balaban J connectivity index is 1.62. The molecule has 2 fully saturated rings. The minimum absolute atomic E-state index is 0.158. The van der Waals surface area contributed by atoms with E-state index < -0.39 is 35.7 Å². The number of hydrogen-bond acceptors (Lipinski definition) is 5. The molecule has 2 aliphatic heterocycles. The van der Waals surface area contributed by atoms with E-state index in [1.807, 2.05) is 6.07 Å². The second-order valence-electron chi connectivity index (χ2n) is 8.11. The zero-order chi connectivity index (χ0) is 24.9. The summed E-state index contributed by atoms with van der Waals surface area (Å²) in [6, 6.07) is 16.8. The number of rotatable bonds is 4. The second-order valence-corrected chi connectivity index (χ2v) is 9.87. The zero-order valence-electron chi connectivity index (χ0n) is 18.2. The van der Waals surface area contributed by atoms with Crippen molar-refractivity contribution in [3.05, 3.63) is 92.4 Å². The van der Waals surface area contributed by atoms with Gasteiger partial charge >= 0.3 is 0 Å². The van der Waals surface area contributed by atoms with Crippen LogP contribution in [0.25, 0.3) is 0 Å².